The second-order valence-corrected chi connectivity index (χ2v) is 8.08. The second kappa shape index (κ2) is 6.72. The van der Waals surface area contributed by atoms with Crippen LogP contribution >= 0.6 is 0 Å². The fourth-order valence-corrected chi connectivity index (χ4v) is 5.00. The molecule has 4 heteroatoms. The number of rotatable bonds is 6. The average Bonchev–Trinajstić information content (AvgIpc) is 2.79. The summed E-state index contributed by atoms with van der Waals surface area (Å²) in [5.41, 5.74) is 2.66. The molecule has 0 aromatic heterocycles. The molecule has 0 aliphatic carbocycles. The van der Waals surface area contributed by atoms with E-state index in [2.05, 4.69) is 36.5 Å². The molecule has 0 amide bonds. The Morgan fingerprint density at radius 3 is 2.40 bits per heavy atom. The molecule has 1 heterocycles. The van der Waals surface area contributed by atoms with E-state index in [0.29, 0.717) is 23.3 Å². The largest absolute Gasteiger partial charge is 0.319 e. The van der Waals surface area contributed by atoms with E-state index in [1.165, 1.54) is 11.1 Å². The van der Waals surface area contributed by atoms with Gasteiger partial charge in [-0.2, -0.15) is 0 Å². The van der Waals surface area contributed by atoms with Crippen LogP contribution in [0.5, 0.6) is 0 Å². The lowest BCUT2D eigenvalue weighted by Gasteiger charge is -2.22. The van der Waals surface area contributed by atoms with Gasteiger partial charge in [0, 0.05) is 0 Å². The van der Waals surface area contributed by atoms with Crippen LogP contribution in [0.25, 0.3) is 0 Å². The molecule has 1 aromatic rings. The molecule has 1 aliphatic heterocycles. The van der Waals surface area contributed by atoms with E-state index in [0.717, 1.165) is 25.8 Å². The lowest BCUT2D eigenvalue weighted by Crippen LogP contribution is -2.28. The van der Waals surface area contributed by atoms with Crippen molar-refractivity contribution in [3.05, 3.63) is 35.4 Å². The van der Waals surface area contributed by atoms with Crippen LogP contribution in [0.15, 0.2) is 24.3 Å². The summed E-state index contributed by atoms with van der Waals surface area (Å²) in [6.45, 7) is 3.04. The zero-order chi connectivity index (χ0) is 14.6. The van der Waals surface area contributed by atoms with Crippen LogP contribution < -0.4 is 5.32 Å². The first-order valence-corrected chi connectivity index (χ1v) is 9.29. The van der Waals surface area contributed by atoms with E-state index in [-0.39, 0.29) is 0 Å². The van der Waals surface area contributed by atoms with Crippen molar-refractivity contribution < 1.29 is 8.42 Å². The molecule has 0 radical (unpaired) electrons. The van der Waals surface area contributed by atoms with Crippen LogP contribution in [-0.2, 0) is 22.7 Å². The first-order chi connectivity index (χ1) is 9.54. The van der Waals surface area contributed by atoms with Crippen LogP contribution in [0, 0.1) is 11.8 Å². The van der Waals surface area contributed by atoms with Gasteiger partial charge in [0.25, 0.3) is 0 Å². The molecule has 1 aromatic carbocycles. The molecule has 2 rings (SSSR count). The Morgan fingerprint density at radius 1 is 1.25 bits per heavy atom. The van der Waals surface area contributed by atoms with Crippen molar-refractivity contribution in [3.63, 3.8) is 0 Å². The highest BCUT2D eigenvalue weighted by molar-refractivity contribution is 7.91. The van der Waals surface area contributed by atoms with Gasteiger partial charge in [0.15, 0.2) is 9.84 Å². The summed E-state index contributed by atoms with van der Waals surface area (Å²) in [4.78, 5) is 0. The van der Waals surface area contributed by atoms with E-state index in [4.69, 9.17) is 0 Å². The fourth-order valence-electron chi connectivity index (χ4n) is 3.08. The van der Waals surface area contributed by atoms with Crippen molar-refractivity contribution in [2.75, 3.05) is 25.1 Å². The van der Waals surface area contributed by atoms with Gasteiger partial charge in [-0.15, -0.1) is 0 Å². The third-order valence-electron chi connectivity index (χ3n) is 4.33. The molecule has 0 spiro atoms. The van der Waals surface area contributed by atoms with Gasteiger partial charge < -0.3 is 5.32 Å². The quantitative estimate of drug-likeness (QED) is 0.874. The number of hydrogen-bond donors (Lipinski definition) is 1. The molecule has 1 fully saturated rings. The Kier molecular flexibility index (Phi) is 5.22. The highest BCUT2D eigenvalue weighted by Gasteiger charge is 2.33. The summed E-state index contributed by atoms with van der Waals surface area (Å²) < 4.78 is 23.3. The number of sulfone groups is 1. The standard InChI is InChI=1S/C16H25NO2S/c1-3-13-4-6-14(7-5-13)10-16(11-17-2)15-8-9-20(18,19)12-15/h4-7,15-17H,3,8-12H2,1-2H3. The maximum absolute atomic E-state index is 11.7. The first kappa shape index (κ1) is 15.5. The van der Waals surface area contributed by atoms with Crippen LogP contribution in [0.1, 0.15) is 24.5 Å². The first-order valence-electron chi connectivity index (χ1n) is 7.47. The number of aryl methyl sites for hydroxylation is 1. The molecule has 1 N–H and O–H groups in total. The predicted molar refractivity (Wildman–Crippen MR) is 83.7 cm³/mol. The lowest BCUT2D eigenvalue weighted by molar-refractivity contribution is 0.352. The molecular weight excluding hydrogens is 270 g/mol. The Balaban J connectivity index is 2.05. The summed E-state index contributed by atoms with van der Waals surface area (Å²) in [5, 5.41) is 3.22. The van der Waals surface area contributed by atoms with E-state index in [1.54, 1.807) is 0 Å². The summed E-state index contributed by atoms with van der Waals surface area (Å²) >= 11 is 0. The number of benzene rings is 1. The van der Waals surface area contributed by atoms with E-state index in [9.17, 15) is 8.42 Å². The van der Waals surface area contributed by atoms with Crippen LogP contribution in [0.3, 0.4) is 0 Å². The maximum Gasteiger partial charge on any atom is 0.150 e. The van der Waals surface area contributed by atoms with Gasteiger partial charge in [0.2, 0.25) is 0 Å². The SMILES string of the molecule is CCc1ccc(CC(CNC)C2CCS(=O)(=O)C2)cc1. The smallest absolute Gasteiger partial charge is 0.150 e. The third-order valence-corrected chi connectivity index (χ3v) is 6.12. The van der Waals surface area contributed by atoms with Gasteiger partial charge in [-0.05, 0) is 55.8 Å². The van der Waals surface area contributed by atoms with Crippen molar-refractivity contribution >= 4 is 9.84 Å². The summed E-state index contributed by atoms with van der Waals surface area (Å²) in [5.74, 6) is 1.45. The molecule has 1 saturated heterocycles. The highest BCUT2D eigenvalue weighted by Crippen LogP contribution is 2.28. The van der Waals surface area contributed by atoms with Crippen molar-refractivity contribution in [2.24, 2.45) is 11.8 Å². The van der Waals surface area contributed by atoms with E-state index < -0.39 is 9.84 Å². The summed E-state index contributed by atoms with van der Waals surface area (Å²) in [6.07, 6.45) is 2.84. The predicted octanol–water partition coefficient (Wildman–Crippen LogP) is 2.06. The molecular formula is C16H25NO2S. The molecule has 3 nitrogen and oxygen atoms in total. The second-order valence-electron chi connectivity index (χ2n) is 5.86. The van der Waals surface area contributed by atoms with Crippen molar-refractivity contribution in [3.8, 4) is 0 Å². The normalized spacial score (nSPS) is 22.8. The van der Waals surface area contributed by atoms with Gasteiger partial charge >= 0.3 is 0 Å². The molecule has 2 unspecified atom stereocenters. The van der Waals surface area contributed by atoms with E-state index >= 15 is 0 Å². The average molecular weight is 295 g/mol. The van der Waals surface area contributed by atoms with Crippen LogP contribution in [0.2, 0.25) is 0 Å². The monoisotopic (exact) mass is 295 g/mol. The molecule has 20 heavy (non-hydrogen) atoms. The zero-order valence-corrected chi connectivity index (χ0v) is 13.2. The molecule has 112 valence electrons. The lowest BCUT2D eigenvalue weighted by atomic mass is 9.86. The molecule has 0 saturated carbocycles. The van der Waals surface area contributed by atoms with Crippen molar-refractivity contribution in [1.29, 1.82) is 0 Å². The van der Waals surface area contributed by atoms with Crippen LogP contribution in [0.4, 0.5) is 0 Å². The van der Waals surface area contributed by atoms with Gasteiger partial charge in [0.1, 0.15) is 0 Å². The molecule has 2 atom stereocenters. The Morgan fingerprint density at radius 2 is 1.90 bits per heavy atom. The summed E-state index contributed by atoms with van der Waals surface area (Å²) in [6, 6.07) is 8.73. The van der Waals surface area contributed by atoms with Crippen LogP contribution in [-0.4, -0.2) is 33.5 Å². The van der Waals surface area contributed by atoms with Gasteiger partial charge in [-0.1, -0.05) is 31.2 Å². The van der Waals surface area contributed by atoms with Gasteiger partial charge in [0.05, 0.1) is 11.5 Å². The fraction of sp³-hybridized carbons (Fsp3) is 0.625. The number of hydrogen-bond acceptors (Lipinski definition) is 3. The van der Waals surface area contributed by atoms with Gasteiger partial charge in [-0.3, -0.25) is 0 Å². The minimum atomic E-state index is -2.79. The van der Waals surface area contributed by atoms with Crippen molar-refractivity contribution in [2.45, 2.75) is 26.2 Å². The van der Waals surface area contributed by atoms with Gasteiger partial charge in [-0.25, -0.2) is 8.42 Å². The molecule has 1 aliphatic rings. The number of nitrogens with one attached hydrogen (secondary N) is 1. The highest BCUT2D eigenvalue weighted by atomic mass is 32.2. The topological polar surface area (TPSA) is 46.2 Å². The zero-order valence-electron chi connectivity index (χ0n) is 12.4. The Labute approximate surface area is 122 Å². The molecule has 0 bridgehead atoms. The summed E-state index contributed by atoms with van der Waals surface area (Å²) in [7, 11) is -0.848. The maximum atomic E-state index is 11.7. The van der Waals surface area contributed by atoms with E-state index in [1.807, 2.05) is 7.05 Å². The minimum Gasteiger partial charge on any atom is -0.319 e. The Hall–Kier alpha value is -0.870. The Bertz CT molecular complexity index is 522. The van der Waals surface area contributed by atoms with Crippen molar-refractivity contribution in [1.82, 2.24) is 5.32 Å². The third kappa shape index (κ3) is 4.06. The minimum absolute atomic E-state index is 0.304.